The van der Waals surface area contributed by atoms with Gasteiger partial charge in [0.25, 0.3) is 0 Å². The van der Waals surface area contributed by atoms with E-state index in [-0.39, 0.29) is 0 Å². The van der Waals surface area contributed by atoms with Crippen LogP contribution in [0.4, 0.5) is 0 Å². The summed E-state index contributed by atoms with van der Waals surface area (Å²) in [6.07, 6.45) is 3.53. The highest BCUT2D eigenvalue weighted by Crippen LogP contribution is 2.24. The molecule has 2 aromatic heterocycles. The predicted octanol–water partition coefficient (Wildman–Crippen LogP) is 1.52. The summed E-state index contributed by atoms with van der Waals surface area (Å²) in [5.74, 6) is 0.746. The second-order valence-electron chi connectivity index (χ2n) is 5.75. The zero-order valence-electron chi connectivity index (χ0n) is 11.9. The molecule has 1 aliphatic heterocycles. The summed E-state index contributed by atoms with van der Waals surface area (Å²) >= 11 is 1.62. The Bertz CT molecular complexity index is 583. The third kappa shape index (κ3) is 3.29. The molecule has 0 radical (unpaired) electrons. The smallest absolute Gasteiger partial charge is 0.169 e. The highest BCUT2D eigenvalue weighted by atomic mass is 32.1. The number of aromatic nitrogens is 2. The maximum absolute atomic E-state index is 9.97. The van der Waals surface area contributed by atoms with E-state index in [1.165, 1.54) is 0 Å². The molecule has 5 nitrogen and oxygen atoms in total. The van der Waals surface area contributed by atoms with Crippen molar-refractivity contribution in [2.24, 2.45) is 0 Å². The lowest BCUT2D eigenvalue weighted by atomic mass is 9.90. The van der Waals surface area contributed by atoms with Crippen LogP contribution in [0, 0.1) is 0 Å². The van der Waals surface area contributed by atoms with Gasteiger partial charge in [-0.1, -0.05) is 6.07 Å². The minimum absolute atomic E-state index is 0.472. The number of aliphatic hydroxyl groups excluding tert-OH is 1. The Balaban J connectivity index is 1.64. The Hall–Kier alpha value is -1.34. The first-order valence-corrected chi connectivity index (χ1v) is 7.90. The maximum atomic E-state index is 9.97. The van der Waals surface area contributed by atoms with E-state index in [2.05, 4.69) is 14.9 Å². The third-order valence-corrected chi connectivity index (χ3v) is 4.80. The molecule has 21 heavy (non-hydrogen) atoms. The summed E-state index contributed by atoms with van der Waals surface area (Å²) in [5, 5.41) is 21.9. The van der Waals surface area contributed by atoms with Gasteiger partial charge in [-0.15, -0.1) is 11.3 Å². The lowest BCUT2D eigenvalue weighted by molar-refractivity contribution is -0.108. The number of thiophene rings is 1. The molecular formula is C15H19N3O2S. The van der Waals surface area contributed by atoms with Crippen LogP contribution in [0.5, 0.6) is 0 Å². The third-order valence-electron chi connectivity index (χ3n) is 3.94. The number of β-amino-alcohol motifs (C(OH)–C–C–N with tert-alkyl or cyclic N) is 1. The van der Waals surface area contributed by atoms with Crippen LogP contribution >= 0.6 is 11.3 Å². The van der Waals surface area contributed by atoms with Gasteiger partial charge < -0.3 is 10.2 Å². The summed E-state index contributed by atoms with van der Waals surface area (Å²) in [7, 11) is 0. The summed E-state index contributed by atoms with van der Waals surface area (Å²) < 4.78 is 0. The molecular weight excluding hydrogens is 286 g/mol. The molecule has 3 rings (SSSR count). The van der Waals surface area contributed by atoms with Gasteiger partial charge >= 0.3 is 0 Å². The van der Waals surface area contributed by atoms with Crippen molar-refractivity contribution in [1.82, 2.24) is 14.9 Å². The van der Waals surface area contributed by atoms with Gasteiger partial charge in [-0.05, 0) is 24.8 Å². The Morgan fingerprint density at radius 1 is 1.43 bits per heavy atom. The van der Waals surface area contributed by atoms with Crippen LogP contribution in [0.25, 0.3) is 10.7 Å². The van der Waals surface area contributed by atoms with Crippen LogP contribution < -0.4 is 0 Å². The van der Waals surface area contributed by atoms with Crippen LogP contribution in [0.15, 0.2) is 29.9 Å². The van der Waals surface area contributed by atoms with Crippen molar-refractivity contribution in [2.45, 2.75) is 31.6 Å². The number of aliphatic hydroxyl groups is 2. The number of piperidine rings is 1. The molecule has 2 aromatic rings. The van der Waals surface area contributed by atoms with Crippen LogP contribution in [-0.4, -0.2) is 49.9 Å². The molecule has 0 spiro atoms. The first-order chi connectivity index (χ1) is 10.0. The number of nitrogens with zero attached hydrogens (tertiary/aromatic N) is 3. The average Bonchev–Trinajstić information content (AvgIpc) is 2.98. The molecule has 112 valence electrons. The summed E-state index contributed by atoms with van der Waals surface area (Å²) in [4.78, 5) is 12.0. The normalized spacial score (nSPS) is 26.9. The summed E-state index contributed by atoms with van der Waals surface area (Å²) in [6.45, 7) is 3.61. The SMILES string of the molecule is C[C@@]1(O)CCN(Cc2cnc(-c3cccs3)nc2)C[C@H]1O. The van der Waals surface area contributed by atoms with E-state index < -0.39 is 11.7 Å². The molecule has 6 heteroatoms. The van der Waals surface area contributed by atoms with Gasteiger partial charge in [0.15, 0.2) is 5.82 Å². The lowest BCUT2D eigenvalue weighted by Crippen LogP contribution is -2.53. The Morgan fingerprint density at radius 3 is 2.81 bits per heavy atom. The van der Waals surface area contributed by atoms with Gasteiger partial charge in [0.2, 0.25) is 0 Å². The second kappa shape index (κ2) is 5.81. The summed E-state index contributed by atoms with van der Waals surface area (Å²) in [6, 6.07) is 3.99. The van der Waals surface area contributed by atoms with Crippen molar-refractivity contribution < 1.29 is 10.2 Å². The van der Waals surface area contributed by atoms with Crippen molar-refractivity contribution in [3.8, 4) is 10.7 Å². The van der Waals surface area contributed by atoms with Gasteiger partial charge in [-0.25, -0.2) is 9.97 Å². The molecule has 1 aliphatic rings. The molecule has 0 amide bonds. The van der Waals surface area contributed by atoms with E-state index in [1.807, 2.05) is 29.9 Å². The zero-order valence-corrected chi connectivity index (χ0v) is 12.8. The molecule has 0 saturated carbocycles. The van der Waals surface area contributed by atoms with E-state index >= 15 is 0 Å². The first kappa shape index (κ1) is 14.6. The second-order valence-corrected chi connectivity index (χ2v) is 6.70. The molecule has 2 N–H and O–H groups in total. The fourth-order valence-electron chi connectivity index (χ4n) is 2.45. The van der Waals surface area contributed by atoms with E-state index in [0.29, 0.717) is 19.5 Å². The maximum Gasteiger partial charge on any atom is 0.169 e. The topological polar surface area (TPSA) is 69.5 Å². The van der Waals surface area contributed by atoms with E-state index in [1.54, 1.807) is 18.3 Å². The van der Waals surface area contributed by atoms with E-state index in [9.17, 15) is 10.2 Å². The van der Waals surface area contributed by atoms with Crippen molar-refractivity contribution in [3.05, 3.63) is 35.5 Å². The molecule has 2 atom stereocenters. The minimum atomic E-state index is -0.976. The molecule has 0 aliphatic carbocycles. The van der Waals surface area contributed by atoms with Crippen LogP contribution in [0.2, 0.25) is 0 Å². The molecule has 0 aromatic carbocycles. The standard InChI is InChI=1S/C15H19N3O2S/c1-15(20)4-5-18(10-13(15)19)9-11-7-16-14(17-8-11)12-3-2-6-21-12/h2-3,6-8,13,19-20H,4-5,9-10H2,1H3/t13-,15-/m1/s1. The van der Waals surface area contributed by atoms with Gasteiger partial charge in [0.1, 0.15) is 0 Å². The van der Waals surface area contributed by atoms with Crippen molar-refractivity contribution in [3.63, 3.8) is 0 Å². The van der Waals surface area contributed by atoms with E-state index in [4.69, 9.17) is 0 Å². The van der Waals surface area contributed by atoms with Crippen LogP contribution in [0.1, 0.15) is 18.9 Å². The van der Waals surface area contributed by atoms with Gasteiger partial charge in [-0.2, -0.15) is 0 Å². The van der Waals surface area contributed by atoms with Gasteiger partial charge in [0.05, 0.1) is 16.6 Å². The number of hydrogen-bond acceptors (Lipinski definition) is 6. The Labute approximate surface area is 127 Å². The molecule has 3 heterocycles. The predicted molar refractivity (Wildman–Crippen MR) is 81.9 cm³/mol. The Kier molecular flexibility index (Phi) is 4.03. The largest absolute Gasteiger partial charge is 0.389 e. The highest BCUT2D eigenvalue weighted by Gasteiger charge is 2.36. The van der Waals surface area contributed by atoms with Crippen molar-refractivity contribution in [2.75, 3.05) is 13.1 Å². The van der Waals surface area contributed by atoms with Gasteiger partial charge in [-0.3, -0.25) is 4.90 Å². The first-order valence-electron chi connectivity index (χ1n) is 7.02. The fraction of sp³-hybridized carbons (Fsp3) is 0.467. The van der Waals surface area contributed by atoms with Crippen molar-refractivity contribution in [1.29, 1.82) is 0 Å². The fourth-order valence-corrected chi connectivity index (χ4v) is 3.13. The molecule has 0 bridgehead atoms. The minimum Gasteiger partial charge on any atom is -0.389 e. The highest BCUT2D eigenvalue weighted by molar-refractivity contribution is 7.13. The van der Waals surface area contributed by atoms with Crippen LogP contribution in [0.3, 0.4) is 0 Å². The zero-order chi connectivity index (χ0) is 14.9. The number of rotatable bonds is 3. The molecule has 1 saturated heterocycles. The average molecular weight is 305 g/mol. The van der Waals surface area contributed by atoms with Gasteiger partial charge in [0, 0.05) is 37.6 Å². The number of likely N-dealkylation sites (tertiary alicyclic amines) is 1. The quantitative estimate of drug-likeness (QED) is 0.900. The summed E-state index contributed by atoms with van der Waals surface area (Å²) in [5.41, 5.74) is 0.0415. The number of hydrogen-bond donors (Lipinski definition) is 2. The molecule has 0 unspecified atom stereocenters. The van der Waals surface area contributed by atoms with Crippen molar-refractivity contribution >= 4 is 11.3 Å². The monoisotopic (exact) mass is 305 g/mol. The van der Waals surface area contributed by atoms with E-state index in [0.717, 1.165) is 22.8 Å². The Morgan fingerprint density at radius 2 is 2.19 bits per heavy atom. The molecule has 1 fully saturated rings. The van der Waals surface area contributed by atoms with Crippen LogP contribution in [-0.2, 0) is 6.54 Å². The lowest BCUT2D eigenvalue weighted by Gasteiger charge is -2.39.